The molecule has 6 nitrogen and oxygen atoms in total. The maximum Gasteiger partial charge on any atom is 0.252 e. The maximum atomic E-state index is 12.2. The number of carbonyl (C=O) groups is 1. The van der Waals surface area contributed by atoms with Crippen molar-refractivity contribution in [3.63, 3.8) is 0 Å². The number of rotatable bonds is 6. The second-order valence-corrected chi connectivity index (χ2v) is 5.19. The Hall–Kier alpha value is -3.15. The summed E-state index contributed by atoms with van der Waals surface area (Å²) in [5, 5.41) is 2.90. The second-order valence-electron chi connectivity index (χ2n) is 5.19. The minimum atomic E-state index is -0.144. The van der Waals surface area contributed by atoms with Crippen LogP contribution in [-0.4, -0.2) is 34.1 Å². The number of ether oxygens (including phenoxy) is 1. The Kier molecular flexibility index (Phi) is 4.86. The first-order valence-electron chi connectivity index (χ1n) is 7.62. The number of pyridine rings is 1. The zero-order valence-electron chi connectivity index (χ0n) is 13.3. The van der Waals surface area contributed by atoms with Gasteiger partial charge in [-0.3, -0.25) is 9.36 Å². The molecule has 0 spiro atoms. The van der Waals surface area contributed by atoms with Gasteiger partial charge in [-0.1, -0.05) is 18.2 Å². The van der Waals surface area contributed by atoms with Gasteiger partial charge in [-0.05, 0) is 30.2 Å². The summed E-state index contributed by atoms with van der Waals surface area (Å²) in [5.74, 6) is 1.41. The normalized spacial score (nSPS) is 10.4. The molecule has 0 unspecified atom stereocenters. The standard InChI is InChI=1S/C18H18N4O2/c1-24-16-5-3-2-4-14(16)8-9-20-18(23)15-6-7-17(21-12-15)22-11-10-19-13-22/h2-7,10-13H,8-9H2,1H3,(H,20,23). The van der Waals surface area contributed by atoms with Crippen molar-refractivity contribution in [3.05, 3.63) is 72.4 Å². The molecule has 0 aliphatic rings. The predicted octanol–water partition coefficient (Wildman–Crippen LogP) is 2.25. The summed E-state index contributed by atoms with van der Waals surface area (Å²) in [6, 6.07) is 11.3. The minimum absolute atomic E-state index is 0.144. The smallest absolute Gasteiger partial charge is 0.252 e. The van der Waals surface area contributed by atoms with Crippen LogP contribution in [0.5, 0.6) is 5.75 Å². The van der Waals surface area contributed by atoms with Crippen molar-refractivity contribution in [2.75, 3.05) is 13.7 Å². The van der Waals surface area contributed by atoms with Crippen LogP contribution in [0.15, 0.2) is 61.3 Å². The zero-order valence-corrected chi connectivity index (χ0v) is 13.3. The van der Waals surface area contributed by atoms with E-state index in [4.69, 9.17) is 4.74 Å². The number of para-hydroxylation sites is 1. The van der Waals surface area contributed by atoms with Crippen LogP contribution in [0.1, 0.15) is 15.9 Å². The van der Waals surface area contributed by atoms with Crippen LogP contribution in [0.25, 0.3) is 5.82 Å². The van der Waals surface area contributed by atoms with Gasteiger partial charge in [0.15, 0.2) is 0 Å². The molecule has 122 valence electrons. The van der Waals surface area contributed by atoms with E-state index in [1.54, 1.807) is 48.7 Å². The Labute approximate surface area is 140 Å². The molecule has 24 heavy (non-hydrogen) atoms. The summed E-state index contributed by atoms with van der Waals surface area (Å²) in [6.07, 6.45) is 7.41. The zero-order chi connectivity index (χ0) is 16.8. The van der Waals surface area contributed by atoms with Gasteiger partial charge in [0.25, 0.3) is 5.91 Å². The third-order valence-electron chi connectivity index (χ3n) is 3.65. The summed E-state index contributed by atoms with van der Waals surface area (Å²) in [5.41, 5.74) is 1.59. The highest BCUT2D eigenvalue weighted by Crippen LogP contribution is 2.17. The molecule has 2 heterocycles. The lowest BCUT2D eigenvalue weighted by Crippen LogP contribution is -2.26. The molecule has 1 N–H and O–H groups in total. The Balaban J connectivity index is 1.57. The molecule has 2 aromatic heterocycles. The van der Waals surface area contributed by atoms with Crippen molar-refractivity contribution >= 4 is 5.91 Å². The Bertz CT molecular complexity index is 798. The van der Waals surface area contributed by atoms with E-state index in [0.29, 0.717) is 18.5 Å². The molecule has 1 aromatic carbocycles. The summed E-state index contributed by atoms with van der Waals surface area (Å²) < 4.78 is 7.09. The first-order valence-corrected chi connectivity index (χ1v) is 7.62. The fourth-order valence-electron chi connectivity index (χ4n) is 2.39. The highest BCUT2D eigenvalue weighted by Gasteiger charge is 2.07. The third kappa shape index (κ3) is 3.60. The summed E-state index contributed by atoms with van der Waals surface area (Å²) in [6.45, 7) is 0.530. The molecular weight excluding hydrogens is 304 g/mol. The molecule has 6 heteroatoms. The fourth-order valence-corrected chi connectivity index (χ4v) is 2.39. The number of aromatic nitrogens is 3. The number of nitrogens with zero attached hydrogens (tertiary/aromatic N) is 3. The van der Waals surface area contributed by atoms with Gasteiger partial charge in [0.1, 0.15) is 17.9 Å². The van der Waals surface area contributed by atoms with E-state index >= 15 is 0 Å². The molecule has 3 aromatic rings. The number of amides is 1. The molecule has 3 rings (SSSR count). The lowest BCUT2D eigenvalue weighted by atomic mass is 10.1. The molecule has 0 fully saturated rings. The van der Waals surface area contributed by atoms with Crippen LogP contribution in [0.2, 0.25) is 0 Å². The van der Waals surface area contributed by atoms with E-state index in [1.165, 1.54) is 0 Å². The molecule has 0 aliphatic carbocycles. The lowest BCUT2D eigenvalue weighted by molar-refractivity contribution is 0.0953. The number of carbonyl (C=O) groups excluding carboxylic acids is 1. The average molecular weight is 322 g/mol. The fraction of sp³-hybridized carbons (Fsp3) is 0.167. The van der Waals surface area contributed by atoms with Gasteiger partial charge in [-0.2, -0.15) is 0 Å². The topological polar surface area (TPSA) is 69.0 Å². The van der Waals surface area contributed by atoms with Crippen LogP contribution in [0.3, 0.4) is 0 Å². The number of nitrogens with one attached hydrogen (secondary N) is 1. The van der Waals surface area contributed by atoms with Gasteiger partial charge in [-0.25, -0.2) is 9.97 Å². The average Bonchev–Trinajstić information content (AvgIpc) is 3.17. The Morgan fingerprint density at radius 1 is 1.25 bits per heavy atom. The molecule has 0 atom stereocenters. The number of imidazole rings is 1. The van der Waals surface area contributed by atoms with Gasteiger partial charge < -0.3 is 10.1 Å². The molecule has 0 saturated heterocycles. The van der Waals surface area contributed by atoms with E-state index in [0.717, 1.165) is 17.1 Å². The van der Waals surface area contributed by atoms with Gasteiger partial charge in [0.05, 0.1) is 12.7 Å². The lowest BCUT2D eigenvalue weighted by Gasteiger charge is -2.09. The number of hydrogen-bond acceptors (Lipinski definition) is 4. The first-order chi connectivity index (χ1) is 11.8. The van der Waals surface area contributed by atoms with Crippen LogP contribution >= 0.6 is 0 Å². The van der Waals surface area contributed by atoms with Crippen LogP contribution in [0, 0.1) is 0 Å². The highest BCUT2D eigenvalue weighted by atomic mass is 16.5. The maximum absolute atomic E-state index is 12.2. The van der Waals surface area contributed by atoms with Crippen LogP contribution < -0.4 is 10.1 Å². The minimum Gasteiger partial charge on any atom is -0.496 e. The van der Waals surface area contributed by atoms with Gasteiger partial charge >= 0.3 is 0 Å². The van der Waals surface area contributed by atoms with Crippen molar-refractivity contribution in [2.45, 2.75) is 6.42 Å². The van der Waals surface area contributed by atoms with Crippen molar-refractivity contribution < 1.29 is 9.53 Å². The third-order valence-corrected chi connectivity index (χ3v) is 3.65. The molecule has 0 aliphatic heterocycles. The number of benzene rings is 1. The van der Waals surface area contributed by atoms with E-state index < -0.39 is 0 Å². The highest BCUT2D eigenvalue weighted by molar-refractivity contribution is 5.93. The van der Waals surface area contributed by atoms with Crippen molar-refractivity contribution in [2.24, 2.45) is 0 Å². The van der Waals surface area contributed by atoms with Crippen molar-refractivity contribution in [1.29, 1.82) is 0 Å². The summed E-state index contributed by atoms with van der Waals surface area (Å²) in [4.78, 5) is 20.4. The van der Waals surface area contributed by atoms with Crippen molar-refractivity contribution in [1.82, 2.24) is 19.9 Å². The molecule has 0 saturated carbocycles. The summed E-state index contributed by atoms with van der Waals surface area (Å²) >= 11 is 0. The van der Waals surface area contributed by atoms with Crippen LogP contribution in [0.4, 0.5) is 0 Å². The Morgan fingerprint density at radius 2 is 2.12 bits per heavy atom. The van der Waals surface area contributed by atoms with Gasteiger partial charge in [0, 0.05) is 25.1 Å². The number of methoxy groups -OCH3 is 1. The molecule has 1 amide bonds. The quantitative estimate of drug-likeness (QED) is 0.756. The van der Waals surface area contributed by atoms with Gasteiger partial charge in [0.2, 0.25) is 0 Å². The van der Waals surface area contributed by atoms with E-state index in [9.17, 15) is 4.79 Å². The molecular formula is C18H18N4O2. The largest absolute Gasteiger partial charge is 0.496 e. The molecule has 0 bridgehead atoms. The van der Waals surface area contributed by atoms with E-state index in [-0.39, 0.29) is 5.91 Å². The first kappa shape index (κ1) is 15.7. The Morgan fingerprint density at radius 3 is 2.83 bits per heavy atom. The SMILES string of the molecule is COc1ccccc1CCNC(=O)c1ccc(-n2ccnc2)nc1. The predicted molar refractivity (Wildman–Crippen MR) is 90.4 cm³/mol. The second kappa shape index (κ2) is 7.41. The van der Waals surface area contributed by atoms with E-state index in [1.807, 2.05) is 24.3 Å². The molecule has 0 radical (unpaired) electrons. The monoisotopic (exact) mass is 322 g/mol. The van der Waals surface area contributed by atoms with Gasteiger partial charge in [-0.15, -0.1) is 0 Å². The van der Waals surface area contributed by atoms with Crippen molar-refractivity contribution in [3.8, 4) is 11.6 Å². The van der Waals surface area contributed by atoms with E-state index in [2.05, 4.69) is 15.3 Å². The van der Waals surface area contributed by atoms with Crippen LogP contribution in [-0.2, 0) is 6.42 Å². The number of hydrogen-bond donors (Lipinski definition) is 1. The summed E-state index contributed by atoms with van der Waals surface area (Å²) in [7, 11) is 1.64.